The van der Waals surface area contributed by atoms with Crippen LogP contribution >= 0.6 is 0 Å². The van der Waals surface area contributed by atoms with E-state index in [0.717, 1.165) is 38.5 Å². The van der Waals surface area contributed by atoms with Crippen LogP contribution in [0, 0.1) is 0 Å². The molecule has 0 fully saturated rings. The topological polar surface area (TPSA) is 30.5 Å². The Morgan fingerprint density at radius 3 is 2.70 bits per heavy atom. The quantitative estimate of drug-likeness (QED) is 0.712. The van der Waals surface area contributed by atoms with Crippen molar-refractivity contribution in [2.45, 2.75) is 13.3 Å². The van der Waals surface area contributed by atoms with Gasteiger partial charge in [-0.3, -0.25) is 0 Å². The maximum Gasteiger partial charge on any atom is 0.127 e. The van der Waals surface area contributed by atoms with Crippen molar-refractivity contribution in [2.75, 3.05) is 32.9 Å². The summed E-state index contributed by atoms with van der Waals surface area (Å²) in [7, 11) is 0. The molecule has 0 bridgehead atoms. The van der Waals surface area contributed by atoms with E-state index in [2.05, 4.69) is 23.5 Å². The summed E-state index contributed by atoms with van der Waals surface area (Å²) in [4.78, 5) is 0. The van der Waals surface area contributed by atoms with Crippen molar-refractivity contribution < 1.29 is 9.47 Å². The Hall–Kier alpha value is -1.58. The van der Waals surface area contributed by atoms with Crippen molar-refractivity contribution in [2.24, 2.45) is 0 Å². The third kappa shape index (κ3) is 4.51. The molecule has 0 atom stereocenters. The summed E-state index contributed by atoms with van der Waals surface area (Å²) in [6.45, 7) is 6.15. The van der Waals surface area contributed by atoms with Crippen molar-refractivity contribution in [1.29, 1.82) is 0 Å². The highest BCUT2D eigenvalue weighted by Crippen LogP contribution is 2.24. The third-order valence-corrected chi connectivity index (χ3v) is 3.13. The molecule has 2 aromatic rings. The number of hydrogen-bond acceptors (Lipinski definition) is 3. The van der Waals surface area contributed by atoms with Crippen LogP contribution in [-0.2, 0) is 4.74 Å². The van der Waals surface area contributed by atoms with Crippen LogP contribution in [0.15, 0.2) is 42.5 Å². The first kappa shape index (κ1) is 14.8. The summed E-state index contributed by atoms with van der Waals surface area (Å²) in [6.07, 6.45) is 1.04. The van der Waals surface area contributed by atoms with E-state index in [1.807, 2.05) is 31.2 Å². The second-order valence-electron chi connectivity index (χ2n) is 4.63. The van der Waals surface area contributed by atoms with Gasteiger partial charge < -0.3 is 14.8 Å². The Bertz CT molecular complexity index is 508. The Balaban J connectivity index is 1.71. The Labute approximate surface area is 120 Å². The number of ether oxygens (including phenoxy) is 2. The maximum absolute atomic E-state index is 5.85. The van der Waals surface area contributed by atoms with Gasteiger partial charge in [-0.2, -0.15) is 0 Å². The molecule has 0 saturated heterocycles. The molecule has 20 heavy (non-hydrogen) atoms. The molecular weight excluding hydrogens is 250 g/mol. The Kier molecular flexibility index (Phi) is 6.35. The first-order valence-corrected chi connectivity index (χ1v) is 7.31. The third-order valence-electron chi connectivity index (χ3n) is 3.13. The molecular formula is C17H23NO2. The van der Waals surface area contributed by atoms with Crippen LogP contribution in [0.25, 0.3) is 10.8 Å². The lowest BCUT2D eigenvalue weighted by molar-refractivity contribution is 0.144. The summed E-state index contributed by atoms with van der Waals surface area (Å²) in [5.74, 6) is 0.958. The molecule has 108 valence electrons. The van der Waals surface area contributed by atoms with Gasteiger partial charge in [0.15, 0.2) is 0 Å². The first-order valence-electron chi connectivity index (χ1n) is 7.31. The molecule has 2 aromatic carbocycles. The Morgan fingerprint density at radius 2 is 1.80 bits per heavy atom. The minimum Gasteiger partial charge on any atom is -0.492 e. The zero-order valence-electron chi connectivity index (χ0n) is 12.1. The molecule has 0 aromatic heterocycles. The molecule has 0 heterocycles. The van der Waals surface area contributed by atoms with E-state index in [1.165, 1.54) is 10.8 Å². The van der Waals surface area contributed by atoms with E-state index >= 15 is 0 Å². The van der Waals surface area contributed by atoms with E-state index in [1.54, 1.807) is 0 Å². The maximum atomic E-state index is 5.85. The van der Waals surface area contributed by atoms with E-state index in [9.17, 15) is 0 Å². The van der Waals surface area contributed by atoms with Gasteiger partial charge in [-0.1, -0.05) is 36.4 Å². The molecule has 0 aliphatic rings. The monoisotopic (exact) mass is 273 g/mol. The average Bonchev–Trinajstić information content (AvgIpc) is 2.50. The lowest BCUT2D eigenvalue weighted by Gasteiger charge is -2.10. The van der Waals surface area contributed by atoms with Gasteiger partial charge in [-0.25, -0.2) is 0 Å². The minimum atomic E-state index is 0.683. The summed E-state index contributed by atoms with van der Waals surface area (Å²) in [6, 6.07) is 14.5. The van der Waals surface area contributed by atoms with E-state index < -0.39 is 0 Å². The van der Waals surface area contributed by atoms with Gasteiger partial charge in [-0.15, -0.1) is 0 Å². The van der Waals surface area contributed by atoms with Crippen molar-refractivity contribution >= 4 is 10.8 Å². The summed E-state index contributed by atoms with van der Waals surface area (Å²) >= 11 is 0. The van der Waals surface area contributed by atoms with Crippen LogP contribution in [0.4, 0.5) is 0 Å². The molecule has 0 spiro atoms. The second-order valence-corrected chi connectivity index (χ2v) is 4.63. The molecule has 0 unspecified atom stereocenters. The zero-order chi connectivity index (χ0) is 14.0. The molecule has 0 saturated carbocycles. The lowest BCUT2D eigenvalue weighted by Crippen LogP contribution is -2.23. The predicted octanol–water partition coefficient (Wildman–Crippen LogP) is 3.23. The van der Waals surface area contributed by atoms with Gasteiger partial charge >= 0.3 is 0 Å². The molecule has 2 rings (SSSR count). The largest absolute Gasteiger partial charge is 0.492 e. The van der Waals surface area contributed by atoms with Crippen molar-refractivity contribution in [3.8, 4) is 5.75 Å². The number of rotatable bonds is 9. The van der Waals surface area contributed by atoms with Gasteiger partial charge in [-0.05, 0) is 31.3 Å². The van der Waals surface area contributed by atoms with Gasteiger partial charge in [0.25, 0.3) is 0 Å². The number of nitrogens with one attached hydrogen (secondary N) is 1. The number of fused-ring (bicyclic) bond motifs is 1. The smallest absolute Gasteiger partial charge is 0.127 e. The molecule has 0 radical (unpaired) electrons. The highest BCUT2D eigenvalue weighted by atomic mass is 16.5. The average molecular weight is 273 g/mol. The van der Waals surface area contributed by atoms with E-state index in [4.69, 9.17) is 9.47 Å². The SMILES string of the molecule is CCOCCCNCCOc1cccc2ccccc12. The van der Waals surface area contributed by atoms with Crippen LogP contribution < -0.4 is 10.1 Å². The van der Waals surface area contributed by atoms with Crippen LogP contribution in [0.2, 0.25) is 0 Å². The van der Waals surface area contributed by atoms with Crippen LogP contribution in [-0.4, -0.2) is 32.9 Å². The van der Waals surface area contributed by atoms with Gasteiger partial charge in [0, 0.05) is 25.1 Å². The summed E-state index contributed by atoms with van der Waals surface area (Å²) in [5, 5.41) is 5.75. The molecule has 0 aliphatic carbocycles. The standard InChI is InChI=1S/C17H23NO2/c1-2-19-13-6-11-18-12-14-20-17-10-5-8-15-7-3-4-9-16(15)17/h3-5,7-10,18H,2,6,11-14H2,1H3. The zero-order valence-corrected chi connectivity index (χ0v) is 12.1. The molecule has 1 N–H and O–H groups in total. The molecule has 3 heteroatoms. The lowest BCUT2D eigenvalue weighted by atomic mass is 10.1. The van der Waals surface area contributed by atoms with Crippen molar-refractivity contribution in [1.82, 2.24) is 5.32 Å². The normalized spacial score (nSPS) is 10.8. The van der Waals surface area contributed by atoms with Crippen LogP contribution in [0.1, 0.15) is 13.3 Å². The Morgan fingerprint density at radius 1 is 0.950 bits per heavy atom. The summed E-state index contributed by atoms with van der Waals surface area (Å²) in [5.41, 5.74) is 0. The van der Waals surface area contributed by atoms with E-state index in [0.29, 0.717) is 6.61 Å². The fourth-order valence-electron chi connectivity index (χ4n) is 2.12. The minimum absolute atomic E-state index is 0.683. The fourth-order valence-corrected chi connectivity index (χ4v) is 2.12. The molecule has 0 amide bonds. The first-order chi connectivity index (χ1) is 9.92. The molecule has 3 nitrogen and oxygen atoms in total. The van der Waals surface area contributed by atoms with Gasteiger partial charge in [0.1, 0.15) is 12.4 Å². The highest BCUT2D eigenvalue weighted by Gasteiger charge is 2.00. The summed E-state index contributed by atoms with van der Waals surface area (Å²) < 4.78 is 11.1. The fraction of sp³-hybridized carbons (Fsp3) is 0.412. The van der Waals surface area contributed by atoms with Crippen molar-refractivity contribution in [3.05, 3.63) is 42.5 Å². The van der Waals surface area contributed by atoms with E-state index in [-0.39, 0.29) is 0 Å². The second kappa shape index (κ2) is 8.56. The molecule has 0 aliphatic heterocycles. The van der Waals surface area contributed by atoms with Gasteiger partial charge in [0.05, 0.1) is 0 Å². The van der Waals surface area contributed by atoms with Crippen LogP contribution in [0.5, 0.6) is 5.75 Å². The highest BCUT2D eigenvalue weighted by molar-refractivity contribution is 5.88. The number of benzene rings is 2. The predicted molar refractivity (Wildman–Crippen MR) is 83.4 cm³/mol. The van der Waals surface area contributed by atoms with Crippen molar-refractivity contribution in [3.63, 3.8) is 0 Å². The van der Waals surface area contributed by atoms with Crippen LogP contribution in [0.3, 0.4) is 0 Å². The number of hydrogen-bond donors (Lipinski definition) is 1. The van der Waals surface area contributed by atoms with Gasteiger partial charge in [0.2, 0.25) is 0 Å².